The lowest BCUT2D eigenvalue weighted by molar-refractivity contribution is 0.310. The molecule has 1 aromatic heterocycles. The van der Waals surface area contributed by atoms with Crippen LogP contribution in [0.4, 0.5) is 0 Å². The van der Waals surface area contributed by atoms with Gasteiger partial charge < -0.3 is 4.57 Å². The molecule has 0 amide bonds. The molecule has 0 spiro atoms. The summed E-state index contributed by atoms with van der Waals surface area (Å²) in [6, 6.07) is 18.4. The van der Waals surface area contributed by atoms with E-state index < -0.39 is 0 Å². The van der Waals surface area contributed by atoms with Gasteiger partial charge in [0.05, 0.1) is 11.6 Å². The molecule has 4 rings (SSSR count). The van der Waals surface area contributed by atoms with Crippen molar-refractivity contribution in [2.75, 3.05) is 13.1 Å². The molecule has 0 radical (unpaired) electrons. The lowest BCUT2D eigenvalue weighted by atomic mass is 10.1. The van der Waals surface area contributed by atoms with Gasteiger partial charge in [-0.2, -0.15) is 5.26 Å². The van der Waals surface area contributed by atoms with E-state index in [0.717, 1.165) is 42.3 Å². The largest absolute Gasteiger partial charge is 0.347 e. The second-order valence-electron chi connectivity index (χ2n) is 6.83. The summed E-state index contributed by atoms with van der Waals surface area (Å²) in [7, 11) is 0. The van der Waals surface area contributed by atoms with Crippen molar-refractivity contribution in [2.24, 2.45) is 5.92 Å². The van der Waals surface area contributed by atoms with E-state index in [9.17, 15) is 0 Å². The lowest BCUT2D eigenvalue weighted by Crippen LogP contribution is -2.21. The number of nitriles is 1. The Labute approximate surface area is 165 Å². The van der Waals surface area contributed by atoms with Gasteiger partial charge in [-0.15, -0.1) is 12.4 Å². The fraction of sp³-hybridized carbons (Fsp3) is 0.286. The molecule has 134 valence electrons. The normalized spacial score (nSPS) is 17.2. The molecule has 5 heteroatoms. The van der Waals surface area contributed by atoms with Crippen molar-refractivity contribution in [3.05, 3.63) is 70.9 Å². The minimum atomic E-state index is 0. The predicted molar refractivity (Wildman–Crippen MR) is 109 cm³/mol. The fourth-order valence-electron chi connectivity index (χ4n) is 3.76. The molecule has 1 unspecified atom stereocenters. The first kappa shape index (κ1) is 18.8. The molecule has 0 saturated carbocycles. The molecular weight excluding hydrogens is 365 g/mol. The van der Waals surface area contributed by atoms with Gasteiger partial charge in [-0.3, -0.25) is 4.90 Å². The fourth-order valence-corrected chi connectivity index (χ4v) is 3.96. The number of fused-ring (bicyclic) bond motifs is 1. The third kappa shape index (κ3) is 3.88. The van der Waals surface area contributed by atoms with Crippen molar-refractivity contribution in [3.63, 3.8) is 0 Å². The van der Waals surface area contributed by atoms with Gasteiger partial charge in [0.15, 0.2) is 0 Å². The van der Waals surface area contributed by atoms with E-state index in [-0.39, 0.29) is 12.4 Å². The van der Waals surface area contributed by atoms with Crippen molar-refractivity contribution >= 4 is 34.9 Å². The van der Waals surface area contributed by atoms with E-state index in [4.69, 9.17) is 16.9 Å². The molecule has 1 atom stereocenters. The van der Waals surface area contributed by atoms with Crippen LogP contribution in [0.25, 0.3) is 10.9 Å². The maximum Gasteiger partial charge on any atom is 0.0992 e. The van der Waals surface area contributed by atoms with Gasteiger partial charge >= 0.3 is 0 Å². The first-order chi connectivity index (χ1) is 12.2. The van der Waals surface area contributed by atoms with E-state index >= 15 is 0 Å². The third-order valence-electron chi connectivity index (χ3n) is 5.08. The molecule has 0 N–H and O–H groups in total. The summed E-state index contributed by atoms with van der Waals surface area (Å²) < 4.78 is 2.29. The van der Waals surface area contributed by atoms with Crippen LogP contribution in [0, 0.1) is 17.2 Å². The zero-order valence-electron chi connectivity index (χ0n) is 14.4. The molecule has 2 aromatic carbocycles. The maximum absolute atomic E-state index is 9.13. The number of rotatable bonds is 4. The summed E-state index contributed by atoms with van der Waals surface area (Å²) in [5.74, 6) is 0.629. The summed E-state index contributed by atoms with van der Waals surface area (Å²) in [5.41, 5.74) is 3.08. The van der Waals surface area contributed by atoms with Crippen LogP contribution < -0.4 is 0 Å². The van der Waals surface area contributed by atoms with E-state index in [1.165, 1.54) is 17.4 Å². The molecule has 2 heterocycles. The highest BCUT2D eigenvalue weighted by Gasteiger charge is 2.23. The van der Waals surface area contributed by atoms with Gasteiger partial charge in [-0.05, 0) is 54.1 Å². The topological polar surface area (TPSA) is 32.0 Å². The van der Waals surface area contributed by atoms with Gasteiger partial charge in [0.2, 0.25) is 0 Å². The van der Waals surface area contributed by atoms with Crippen molar-refractivity contribution in [3.8, 4) is 6.07 Å². The summed E-state index contributed by atoms with van der Waals surface area (Å²) in [6.07, 6.45) is 3.34. The number of hydrogen-bond acceptors (Lipinski definition) is 2. The molecular formula is C21H21Cl2N3. The summed E-state index contributed by atoms with van der Waals surface area (Å²) in [6.45, 7) is 4.11. The minimum absolute atomic E-state index is 0. The van der Waals surface area contributed by atoms with Gasteiger partial charge in [0.25, 0.3) is 0 Å². The zero-order valence-corrected chi connectivity index (χ0v) is 16.0. The van der Waals surface area contributed by atoms with Crippen LogP contribution >= 0.6 is 24.0 Å². The van der Waals surface area contributed by atoms with Crippen molar-refractivity contribution in [1.29, 1.82) is 5.26 Å². The Hall–Kier alpha value is -1.99. The molecule has 1 fully saturated rings. The van der Waals surface area contributed by atoms with Crippen LogP contribution in [0.2, 0.25) is 5.02 Å². The lowest BCUT2D eigenvalue weighted by Gasteiger charge is -2.17. The summed E-state index contributed by atoms with van der Waals surface area (Å²) in [5, 5.41) is 11.2. The summed E-state index contributed by atoms with van der Waals surface area (Å²) in [4.78, 5) is 2.48. The van der Waals surface area contributed by atoms with Crippen molar-refractivity contribution < 1.29 is 0 Å². The maximum atomic E-state index is 9.13. The van der Waals surface area contributed by atoms with Gasteiger partial charge in [-0.1, -0.05) is 35.9 Å². The average molecular weight is 386 g/mol. The van der Waals surface area contributed by atoms with Crippen LogP contribution in [0.5, 0.6) is 0 Å². The Kier molecular flexibility index (Phi) is 5.88. The monoisotopic (exact) mass is 385 g/mol. The Bertz CT molecular complexity index is 942. The molecule has 1 aliphatic rings. The van der Waals surface area contributed by atoms with E-state index in [1.807, 2.05) is 36.4 Å². The number of nitrogens with zero attached hydrogens (tertiary/aromatic N) is 3. The van der Waals surface area contributed by atoms with Gasteiger partial charge in [0.1, 0.15) is 0 Å². The SMILES string of the molecule is Cl.N#Cc1ccc2ccn(CC3CCN(Cc4ccccc4Cl)C3)c2c1. The third-order valence-corrected chi connectivity index (χ3v) is 5.45. The first-order valence-electron chi connectivity index (χ1n) is 8.67. The quantitative estimate of drug-likeness (QED) is 0.624. The first-order valence-corrected chi connectivity index (χ1v) is 9.05. The Morgan fingerprint density at radius 3 is 2.81 bits per heavy atom. The second-order valence-corrected chi connectivity index (χ2v) is 7.24. The smallest absolute Gasteiger partial charge is 0.0992 e. The molecule has 26 heavy (non-hydrogen) atoms. The summed E-state index contributed by atoms with van der Waals surface area (Å²) >= 11 is 6.29. The van der Waals surface area contributed by atoms with Crippen LogP contribution in [0.15, 0.2) is 54.7 Å². The zero-order chi connectivity index (χ0) is 17.2. The van der Waals surface area contributed by atoms with Gasteiger partial charge in [0, 0.05) is 36.4 Å². The number of halogens is 2. The van der Waals surface area contributed by atoms with E-state index in [1.54, 1.807) is 0 Å². The van der Waals surface area contributed by atoms with Crippen molar-refractivity contribution in [2.45, 2.75) is 19.5 Å². The highest BCUT2D eigenvalue weighted by atomic mass is 35.5. The average Bonchev–Trinajstić information content (AvgIpc) is 3.24. The Balaban J connectivity index is 0.00000196. The number of hydrogen-bond donors (Lipinski definition) is 0. The number of aromatic nitrogens is 1. The van der Waals surface area contributed by atoms with Crippen LogP contribution in [0.1, 0.15) is 17.5 Å². The predicted octanol–water partition coefficient (Wildman–Crippen LogP) is 5.11. The highest BCUT2D eigenvalue weighted by Crippen LogP contribution is 2.25. The molecule has 0 aliphatic carbocycles. The van der Waals surface area contributed by atoms with Crippen molar-refractivity contribution in [1.82, 2.24) is 9.47 Å². The Morgan fingerprint density at radius 2 is 2.00 bits per heavy atom. The highest BCUT2D eigenvalue weighted by molar-refractivity contribution is 6.31. The molecule has 1 aliphatic heterocycles. The van der Waals surface area contributed by atoms with Gasteiger partial charge in [-0.25, -0.2) is 0 Å². The second kappa shape index (κ2) is 8.14. The van der Waals surface area contributed by atoms with E-state index in [2.05, 4.69) is 33.9 Å². The number of likely N-dealkylation sites (tertiary alicyclic amines) is 1. The van der Waals surface area contributed by atoms with Crippen LogP contribution in [-0.2, 0) is 13.1 Å². The van der Waals surface area contributed by atoms with E-state index in [0.29, 0.717) is 5.92 Å². The number of benzene rings is 2. The molecule has 3 aromatic rings. The van der Waals surface area contributed by atoms with Crippen LogP contribution in [-0.4, -0.2) is 22.6 Å². The van der Waals surface area contributed by atoms with Crippen LogP contribution in [0.3, 0.4) is 0 Å². The molecule has 1 saturated heterocycles. The minimum Gasteiger partial charge on any atom is -0.347 e. The molecule has 3 nitrogen and oxygen atoms in total. The Morgan fingerprint density at radius 1 is 1.15 bits per heavy atom. The molecule has 0 bridgehead atoms. The standard InChI is InChI=1S/C21H20ClN3.ClH/c22-20-4-2-1-3-19(20)15-24-9-7-17(13-24)14-25-10-8-18-6-5-16(12-23)11-21(18)25;/h1-6,8,10-11,17H,7,9,13-15H2;1H.